The van der Waals surface area contributed by atoms with Gasteiger partial charge in [-0.25, -0.2) is 4.39 Å². The number of carbonyl (C=O) groups excluding carboxylic acids is 2. The Kier molecular flexibility index (Phi) is 10.5. The molecule has 0 saturated carbocycles. The van der Waals surface area contributed by atoms with Gasteiger partial charge in [-0.3, -0.25) is 9.59 Å². The highest BCUT2D eigenvalue weighted by atomic mass is 19.1. The molecule has 0 aliphatic heterocycles. The average molecular weight is 522 g/mol. The summed E-state index contributed by atoms with van der Waals surface area (Å²) in [6.07, 6.45) is 3.58. The Labute approximate surface area is 226 Å². The molecule has 1 unspecified atom stereocenters. The maximum Gasteiger partial charge on any atom is 0.254 e. The van der Waals surface area contributed by atoms with Crippen molar-refractivity contribution in [2.24, 2.45) is 5.92 Å². The molecule has 2 aromatic carbocycles. The topological polar surface area (TPSA) is 54.8 Å². The van der Waals surface area contributed by atoms with E-state index >= 15 is 0 Å². The summed E-state index contributed by atoms with van der Waals surface area (Å²) in [5.41, 5.74) is 2.50. The zero-order chi connectivity index (χ0) is 27.7. The Morgan fingerprint density at radius 2 is 1.76 bits per heavy atom. The molecule has 6 nitrogen and oxygen atoms in total. The number of ether oxygens (including phenoxy) is 1. The first-order chi connectivity index (χ1) is 18.2. The molecule has 0 radical (unpaired) electrons. The highest BCUT2D eigenvalue weighted by Crippen LogP contribution is 2.18. The predicted octanol–water partition coefficient (Wildman–Crippen LogP) is 6.00. The van der Waals surface area contributed by atoms with Crippen molar-refractivity contribution in [3.63, 3.8) is 0 Å². The highest BCUT2D eigenvalue weighted by Gasteiger charge is 2.26. The van der Waals surface area contributed by atoms with Gasteiger partial charge in [0.05, 0.1) is 13.7 Å². The number of aromatic nitrogens is 1. The third-order valence-corrected chi connectivity index (χ3v) is 6.87. The minimum atomic E-state index is -0.397. The van der Waals surface area contributed by atoms with Crippen LogP contribution in [0.15, 0.2) is 66.9 Å². The molecule has 1 heterocycles. The van der Waals surface area contributed by atoms with E-state index in [2.05, 4.69) is 31.4 Å². The smallest absolute Gasteiger partial charge is 0.254 e. The Bertz CT molecular complexity index is 1190. The van der Waals surface area contributed by atoms with Gasteiger partial charge in [-0.15, -0.1) is 0 Å². The summed E-state index contributed by atoms with van der Waals surface area (Å²) in [4.78, 5) is 30.5. The van der Waals surface area contributed by atoms with Gasteiger partial charge in [0.25, 0.3) is 5.91 Å². The van der Waals surface area contributed by atoms with E-state index in [9.17, 15) is 14.0 Å². The fourth-order valence-corrected chi connectivity index (χ4v) is 4.30. The Hall–Kier alpha value is -3.61. The molecule has 38 heavy (non-hydrogen) atoms. The van der Waals surface area contributed by atoms with Crippen molar-refractivity contribution in [2.45, 2.75) is 59.7 Å². The van der Waals surface area contributed by atoms with Crippen molar-refractivity contribution in [1.29, 1.82) is 0 Å². The molecule has 0 saturated heterocycles. The molecule has 1 aromatic heterocycles. The number of carbonyl (C=O) groups is 2. The third kappa shape index (κ3) is 7.94. The molecular weight excluding hydrogens is 481 g/mol. The molecule has 0 fully saturated rings. The third-order valence-electron chi connectivity index (χ3n) is 6.87. The molecule has 2 amide bonds. The highest BCUT2D eigenvalue weighted by molar-refractivity contribution is 5.96. The van der Waals surface area contributed by atoms with Crippen LogP contribution in [0.2, 0.25) is 0 Å². The quantitative estimate of drug-likeness (QED) is 0.277. The van der Waals surface area contributed by atoms with E-state index in [1.807, 2.05) is 48.4 Å². The fourth-order valence-electron chi connectivity index (χ4n) is 4.30. The first kappa shape index (κ1) is 29.0. The minimum absolute atomic E-state index is 0.00413. The summed E-state index contributed by atoms with van der Waals surface area (Å²) in [6, 6.07) is 17.5. The van der Waals surface area contributed by atoms with Gasteiger partial charge in [0.1, 0.15) is 18.1 Å². The molecule has 204 valence electrons. The molecule has 3 aromatic rings. The van der Waals surface area contributed by atoms with Crippen molar-refractivity contribution in [2.75, 3.05) is 20.2 Å². The standard InChI is InChI=1S/C31H40FN3O3/c1-6-24(4)35(21-28-10-8-17-33(28)20-25-9-7-11-29(19-25)38-5)30(36)22-34(18-16-23(2)3)31(37)26-12-14-27(32)15-13-26/h7-15,17,19,23-24H,6,16,18,20-22H2,1-5H3. The van der Waals surface area contributed by atoms with Crippen LogP contribution in [-0.2, 0) is 17.9 Å². The van der Waals surface area contributed by atoms with Gasteiger partial charge in [-0.05, 0) is 79.8 Å². The number of amides is 2. The van der Waals surface area contributed by atoms with Gasteiger partial charge in [0, 0.05) is 36.6 Å². The molecule has 1 atom stereocenters. The van der Waals surface area contributed by atoms with Crippen molar-refractivity contribution in [3.8, 4) is 5.75 Å². The van der Waals surface area contributed by atoms with Crippen molar-refractivity contribution < 1.29 is 18.7 Å². The van der Waals surface area contributed by atoms with E-state index in [0.29, 0.717) is 31.1 Å². The fraction of sp³-hybridized carbons (Fsp3) is 0.419. The van der Waals surface area contributed by atoms with Crippen molar-refractivity contribution >= 4 is 11.8 Å². The number of rotatable bonds is 13. The van der Waals surface area contributed by atoms with Crippen LogP contribution in [0.5, 0.6) is 5.75 Å². The van der Waals surface area contributed by atoms with Gasteiger partial charge in [0.2, 0.25) is 5.91 Å². The van der Waals surface area contributed by atoms with E-state index in [4.69, 9.17) is 4.74 Å². The summed E-state index contributed by atoms with van der Waals surface area (Å²) in [6.45, 7) is 9.80. The zero-order valence-corrected chi connectivity index (χ0v) is 23.2. The Morgan fingerprint density at radius 3 is 2.42 bits per heavy atom. The molecule has 0 N–H and O–H groups in total. The van der Waals surface area contributed by atoms with Crippen molar-refractivity contribution in [3.05, 3.63) is 89.5 Å². The summed E-state index contributed by atoms with van der Waals surface area (Å²) < 4.78 is 20.9. The maximum absolute atomic E-state index is 13.7. The molecular formula is C31H40FN3O3. The predicted molar refractivity (Wildman–Crippen MR) is 149 cm³/mol. The van der Waals surface area contributed by atoms with E-state index in [0.717, 1.165) is 29.8 Å². The van der Waals surface area contributed by atoms with Crippen LogP contribution in [0.3, 0.4) is 0 Å². The summed E-state index contributed by atoms with van der Waals surface area (Å²) in [7, 11) is 1.65. The SMILES string of the molecule is CCC(C)N(Cc1cccn1Cc1cccc(OC)c1)C(=O)CN(CCC(C)C)C(=O)c1ccc(F)cc1. The van der Waals surface area contributed by atoms with E-state index < -0.39 is 5.82 Å². The van der Waals surface area contributed by atoms with Crippen LogP contribution in [0.25, 0.3) is 0 Å². The first-order valence-electron chi connectivity index (χ1n) is 13.3. The maximum atomic E-state index is 13.7. The van der Waals surface area contributed by atoms with Gasteiger partial charge < -0.3 is 19.1 Å². The van der Waals surface area contributed by atoms with Crippen LogP contribution in [0, 0.1) is 11.7 Å². The minimum Gasteiger partial charge on any atom is -0.497 e. The first-order valence-corrected chi connectivity index (χ1v) is 13.3. The summed E-state index contributed by atoms with van der Waals surface area (Å²) in [5, 5.41) is 0. The van der Waals surface area contributed by atoms with Gasteiger partial charge >= 0.3 is 0 Å². The molecule has 0 spiro atoms. The van der Waals surface area contributed by atoms with E-state index in [-0.39, 0.29) is 24.4 Å². The van der Waals surface area contributed by atoms with Crippen LogP contribution in [0.1, 0.15) is 62.2 Å². The normalized spacial score (nSPS) is 11.9. The monoisotopic (exact) mass is 521 g/mol. The lowest BCUT2D eigenvalue weighted by atomic mass is 10.1. The van der Waals surface area contributed by atoms with Crippen molar-refractivity contribution in [1.82, 2.24) is 14.4 Å². The number of halogens is 1. The van der Waals surface area contributed by atoms with Gasteiger partial charge in [-0.2, -0.15) is 0 Å². The van der Waals surface area contributed by atoms with E-state index in [1.165, 1.54) is 24.3 Å². The molecule has 0 bridgehead atoms. The van der Waals surface area contributed by atoms with E-state index in [1.54, 1.807) is 12.0 Å². The molecule has 7 heteroatoms. The number of hydrogen-bond acceptors (Lipinski definition) is 3. The summed E-state index contributed by atoms with van der Waals surface area (Å²) >= 11 is 0. The lowest BCUT2D eigenvalue weighted by Gasteiger charge is -2.32. The lowest BCUT2D eigenvalue weighted by molar-refractivity contribution is -0.134. The average Bonchev–Trinajstić information content (AvgIpc) is 3.35. The Balaban J connectivity index is 1.80. The molecule has 0 aliphatic carbocycles. The number of benzene rings is 2. The number of hydrogen-bond donors (Lipinski definition) is 0. The van der Waals surface area contributed by atoms with Gasteiger partial charge in [0.15, 0.2) is 0 Å². The molecule has 0 aliphatic rings. The van der Waals surface area contributed by atoms with Crippen LogP contribution in [-0.4, -0.2) is 52.4 Å². The van der Waals surface area contributed by atoms with Crippen LogP contribution < -0.4 is 4.74 Å². The van der Waals surface area contributed by atoms with Gasteiger partial charge in [-0.1, -0.05) is 32.9 Å². The number of nitrogens with zero attached hydrogens (tertiary/aromatic N) is 3. The largest absolute Gasteiger partial charge is 0.497 e. The summed E-state index contributed by atoms with van der Waals surface area (Å²) in [5.74, 6) is 0.419. The second-order valence-corrected chi connectivity index (χ2v) is 10.2. The number of methoxy groups -OCH3 is 1. The lowest BCUT2D eigenvalue weighted by Crippen LogP contribution is -2.46. The second-order valence-electron chi connectivity index (χ2n) is 10.2. The molecule has 3 rings (SSSR count). The van der Waals surface area contributed by atoms with Crippen LogP contribution >= 0.6 is 0 Å². The van der Waals surface area contributed by atoms with Crippen LogP contribution in [0.4, 0.5) is 4.39 Å². The second kappa shape index (κ2) is 13.8. The Morgan fingerprint density at radius 1 is 1.03 bits per heavy atom. The zero-order valence-electron chi connectivity index (χ0n) is 23.2.